The molecule has 10 heteroatoms. The van der Waals surface area contributed by atoms with E-state index in [2.05, 4.69) is 20.5 Å². The van der Waals surface area contributed by atoms with E-state index in [4.69, 9.17) is 16.3 Å². The van der Waals surface area contributed by atoms with Crippen molar-refractivity contribution in [3.05, 3.63) is 89.2 Å². The van der Waals surface area contributed by atoms with Crippen LogP contribution in [0.4, 0.5) is 18.9 Å². The second-order valence-corrected chi connectivity index (χ2v) is 7.01. The van der Waals surface area contributed by atoms with Gasteiger partial charge in [-0.1, -0.05) is 23.7 Å². The van der Waals surface area contributed by atoms with Gasteiger partial charge in [0.2, 0.25) is 5.88 Å². The van der Waals surface area contributed by atoms with Crippen LogP contribution in [0.5, 0.6) is 11.6 Å². The Hall–Kier alpha value is -3.85. The first kappa shape index (κ1) is 21.4. The summed E-state index contributed by atoms with van der Waals surface area (Å²) in [6.07, 6.45) is -1.65. The number of pyridine rings is 1. The first-order chi connectivity index (χ1) is 15.3. The average molecular weight is 459 g/mol. The second kappa shape index (κ2) is 8.72. The van der Waals surface area contributed by atoms with Gasteiger partial charge >= 0.3 is 6.18 Å². The molecule has 0 saturated carbocycles. The number of nitrogens with zero attached hydrogens (tertiary/aromatic N) is 2. The molecule has 2 heterocycles. The number of H-pyrrole nitrogens is 1. The van der Waals surface area contributed by atoms with Gasteiger partial charge in [0.25, 0.3) is 5.91 Å². The van der Waals surface area contributed by atoms with E-state index >= 15 is 0 Å². The van der Waals surface area contributed by atoms with Gasteiger partial charge in [0.1, 0.15) is 5.75 Å². The number of anilines is 1. The molecule has 0 atom stereocenters. The van der Waals surface area contributed by atoms with Crippen LogP contribution in [0.2, 0.25) is 5.02 Å². The van der Waals surface area contributed by atoms with Crippen LogP contribution >= 0.6 is 11.6 Å². The number of halogens is 4. The van der Waals surface area contributed by atoms with Gasteiger partial charge in [-0.25, -0.2) is 4.98 Å². The molecule has 2 aromatic carbocycles. The highest BCUT2D eigenvalue weighted by Crippen LogP contribution is 2.34. The monoisotopic (exact) mass is 458 g/mol. The van der Waals surface area contributed by atoms with Crippen molar-refractivity contribution in [3.8, 4) is 22.9 Å². The second-order valence-electron chi connectivity index (χ2n) is 6.61. The molecule has 4 rings (SSSR count). The van der Waals surface area contributed by atoms with E-state index in [9.17, 15) is 18.0 Å². The number of para-hydroxylation sites is 1. The largest absolute Gasteiger partial charge is 0.438 e. The molecule has 1 amide bonds. The van der Waals surface area contributed by atoms with E-state index in [-0.39, 0.29) is 17.2 Å². The number of aromatic amines is 1. The Bertz CT molecular complexity index is 1240. The molecule has 6 nitrogen and oxygen atoms in total. The van der Waals surface area contributed by atoms with Crippen LogP contribution in [-0.2, 0) is 6.18 Å². The molecule has 162 valence electrons. The molecule has 32 heavy (non-hydrogen) atoms. The highest BCUT2D eigenvalue weighted by atomic mass is 35.5. The molecule has 0 aliphatic heterocycles. The number of amides is 1. The number of nitrogens with one attached hydrogen (secondary N) is 2. The van der Waals surface area contributed by atoms with Crippen LogP contribution in [0.1, 0.15) is 15.9 Å². The Labute approximate surface area is 185 Å². The smallest absolute Gasteiger partial charge is 0.416 e. The highest BCUT2D eigenvalue weighted by Gasteiger charge is 2.30. The summed E-state index contributed by atoms with van der Waals surface area (Å²) < 4.78 is 44.1. The number of hydrogen-bond donors (Lipinski definition) is 2. The average Bonchev–Trinajstić information content (AvgIpc) is 3.30. The Morgan fingerprint density at radius 1 is 1.06 bits per heavy atom. The number of carbonyl (C=O) groups is 1. The molecule has 0 fully saturated rings. The summed E-state index contributed by atoms with van der Waals surface area (Å²) in [4.78, 5) is 16.9. The number of benzene rings is 2. The third-order valence-electron chi connectivity index (χ3n) is 4.42. The first-order valence-electron chi connectivity index (χ1n) is 9.22. The SMILES string of the molecule is O=C(Nc1ccccc1Cl)c1cnc(Oc2ccc(C(F)(F)F)cc2)c(-c2ccn[nH]2)c1. The summed E-state index contributed by atoms with van der Waals surface area (Å²) in [5, 5.41) is 9.73. The summed E-state index contributed by atoms with van der Waals surface area (Å²) in [7, 11) is 0. The summed E-state index contributed by atoms with van der Waals surface area (Å²) in [6.45, 7) is 0. The maximum absolute atomic E-state index is 12.8. The third-order valence-corrected chi connectivity index (χ3v) is 4.75. The minimum absolute atomic E-state index is 0.0864. The van der Waals surface area contributed by atoms with E-state index in [0.717, 1.165) is 12.1 Å². The van der Waals surface area contributed by atoms with Crippen LogP contribution in [0.15, 0.2) is 73.1 Å². The molecule has 2 N–H and O–H groups in total. The van der Waals surface area contributed by atoms with Crippen LogP contribution < -0.4 is 10.1 Å². The lowest BCUT2D eigenvalue weighted by molar-refractivity contribution is -0.137. The van der Waals surface area contributed by atoms with Crippen molar-refractivity contribution in [3.63, 3.8) is 0 Å². The van der Waals surface area contributed by atoms with Crippen LogP contribution in [0.3, 0.4) is 0 Å². The predicted molar refractivity (Wildman–Crippen MR) is 113 cm³/mol. The van der Waals surface area contributed by atoms with Gasteiger partial charge in [-0.2, -0.15) is 18.3 Å². The van der Waals surface area contributed by atoms with Gasteiger partial charge in [-0.3, -0.25) is 9.89 Å². The first-order valence-corrected chi connectivity index (χ1v) is 9.60. The van der Waals surface area contributed by atoms with Crippen LogP contribution in [0.25, 0.3) is 11.3 Å². The molecule has 0 radical (unpaired) electrons. The van der Waals surface area contributed by atoms with Crippen molar-refractivity contribution in [2.75, 3.05) is 5.32 Å². The summed E-state index contributed by atoms with van der Waals surface area (Å²) >= 11 is 6.09. The summed E-state index contributed by atoms with van der Waals surface area (Å²) in [6, 6.07) is 14.2. The van der Waals surface area contributed by atoms with Crippen molar-refractivity contribution in [1.29, 1.82) is 0 Å². The molecule has 0 unspecified atom stereocenters. The quantitative estimate of drug-likeness (QED) is 0.374. The number of ether oxygens (including phenoxy) is 1. The van der Waals surface area contributed by atoms with Gasteiger partial charge < -0.3 is 10.1 Å². The summed E-state index contributed by atoms with van der Waals surface area (Å²) in [5.74, 6) is -0.213. The normalized spacial score (nSPS) is 11.2. The van der Waals surface area contributed by atoms with Crippen LogP contribution in [0, 0.1) is 0 Å². The lowest BCUT2D eigenvalue weighted by Gasteiger charge is -2.12. The Balaban J connectivity index is 1.63. The molecular formula is C22H14ClF3N4O2. The zero-order valence-electron chi connectivity index (χ0n) is 16.2. The maximum atomic E-state index is 12.8. The van der Waals surface area contributed by atoms with Crippen molar-refractivity contribution in [2.24, 2.45) is 0 Å². The predicted octanol–water partition coefficient (Wildman–Crippen LogP) is 6.19. The molecule has 0 saturated heterocycles. The fraction of sp³-hybridized carbons (Fsp3) is 0.0455. The minimum Gasteiger partial charge on any atom is -0.438 e. The van der Waals surface area contributed by atoms with E-state index in [1.165, 1.54) is 30.6 Å². The molecule has 0 spiro atoms. The van der Waals surface area contributed by atoms with Gasteiger partial charge in [0.05, 0.1) is 33.1 Å². The molecule has 0 bridgehead atoms. The highest BCUT2D eigenvalue weighted by molar-refractivity contribution is 6.33. The van der Waals surface area contributed by atoms with Crippen molar-refractivity contribution in [2.45, 2.75) is 6.18 Å². The Morgan fingerprint density at radius 3 is 2.47 bits per heavy atom. The minimum atomic E-state index is -4.45. The Kier molecular flexibility index (Phi) is 5.83. The zero-order chi connectivity index (χ0) is 22.7. The van der Waals surface area contributed by atoms with E-state index in [0.29, 0.717) is 22.0 Å². The van der Waals surface area contributed by atoms with E-state index < -0.39 is 17.6 Å². The summed E-state index contributed by atoms with van der Waals surface area (Å²) in [5.41, 5.74) is 0.765. The Morgan fingerprint density at radius 2 is 1.81 bits per heavy atom. The molecule has 0 aliphatic rings. The van der Waals surface area contributed by atoms with Gasteiger partial charge in [-0.05, 0) is 48.5 Å². The molecule has 4 aromatic rings. The van der Waals surface area contributed by atoms with Crippen LogP contribution in [-0.4, -0.2) is 21.1 Å². The van der Waals surface area contributed by atoms with Crippen molar-refractivity contribution >= 4 is 23.2 Å². The number of carbonyl (C=O) groups excluding carboxylic acids is 1. The van der Waals surface area contributed by atoms with Gasteiger partial charge in [0.15, 0.2) is 0 Å². The van der Waals surface area contributed by atoms with Gasteiger partial charge in [0, 0.05) is 12.4 Å². The lowest BCUT2D eigenvalue weighted by atomic mass is 10.1. The number of hydrogen-bond acceptors (Lipinski definition) is 4. The van der Waals surface area contributed by atoms with Crippen molar-refractivity contribution < 1.29 is 22.7 Å². The third kappa shape index (κ3) is 4.73. The number of aromatic nitrogens is 3. The fourth-order valence-corrected chi connectivity index (χ4v) is 3.02. The topological polar surface area (TPSA) is 79.9 Å². The lowest BCUT2D eigenvalue weighted by Crippen LogP contribution is -2.13. The van der Waals surface area contributed by atoms with E-state index in [1.807, 2.05) is 0 Å². The molecular weight excluding hydrogens is 445 g/mol. The zero-order valence-corrected chi connectivity index (χ0v) is 16.9. The van der Waals surface area contributed by atoms with Crippen molar-refractivity contribution in [1.82, 2.24) is 15.2 Å². The maximum Gasteiger partial charge on any atom is 0.416 e. The fourth-order valence-electron chi connectivity index (χ4n) is 2.84. The molecule has 0 aliphatic carbocycles. The number of rotatable bonds is 5. The van der Waals surface area contributed by atoms with E-state index in [1.54, 1.807) is 30.3 Å². The van der Waals surface area contributed by atoms with Gasteiger partial charge in [-0.15, -0.1) is 0 Å². The standard InChI is InChI=1S/C22H14ClF3N4O2/c23-17-3-1-2-4-19(17)29-20(31)13-11-16(18-9-10-28-30-18)21(27-12-13)32-15-7-5-14(6-8-15)22(24,25)26/h1-12H,(H,28,30)(H,29,31). The molecule has 2 aromatic heterocycles. The number of alkyl halides is 3.